The fourth-order valence-corrected chi connectivity index (χ4v) is 2.08. The first kappa shape index (κ1) is 13.3. The van der Waals surface area contributed by atoms with Crippen LogP contribution in [0, 0.1) is 5.82 Å². The van der Waals surface area contributed by atoms with Crippen LogP contribution in [0.25, 0.3) is 0 Å². The Balaban J connectivity index is 1.72. The van der Waals surface area contributed by atoms with Crippen LogP contribution < -0.4 is 5.73 Å². The summed E-state index contributed by atoms with van der Waals surface area (Å²) in [7, 11) is 0. The smallest absolute Gasteiger partial charge is 0.231 e. The monoisotopic (exact) mass is 283 g/mol. The van der Waals surface area contributed by atoms with E-state index in [1.165, 1.54) is 12.1 Å². The lowest BCUT2D eigenvalue weighted by Crippen LogP contribution is -1.96. The summed E-state index contributed by atoms with van der Waals surface area (Å²) in [6, 6.07) is 13.8. The maximum Gasteiger partial charge on any atom is 0.231 e. The molecule has 5 heteroatoms. The van der Waals surface area contributed by atoms with Gasteiger partial charge in [0, 0.05) is 12.1 Å². The molecule has 0 atom stereocenters. The van der Waals surface area contributed by atoms with E-state index in [1.54, 1.807) is 12.1 Å². The molecule has 3 rings (SSSR count). The second kappa shape index (κ2) is 5.75. The van der Waals surface area contributed by atoms with E-state index in [2.05, 4.69) is 10.1 Å². The third-order valence-electron chi connectivity index (χ3n) is 3.18. The van der Waals surface area contributed by atoms with Crippen molar-refractivity contribution in [3.05, 3.63) is 77.2 Å². The number of hydrogen-bond acceptors (Lipinski definition) is 4. The Morgan fingerprint density at radius 1 is 1.00 bits per heavy atom. The van der Waals surface area contributed by atoms with Gasteiger partial charge in [-0.1, -0.05) is 35.5 Å². The highest BCUT2D eigenvalue weighted by atomic mass is 19.1. The van der Waals surface area contributed by atoms with E-state index in [-0.39, 0.29) is 5.82 Å². The summed E-state index contributed by atoms with van der Waals surface area (Å²) in [5.41, 5.74) is 8.48. The van der Waals surface area contributed by atoms with Gasteiger partial charge >= 0.3 is 0 Å². The van der Waals surface area contributed by atoms with E-state index in [9.17, 15) is 4.39 Å². The van der Waals surface area contributed by atoms with Gasteiger partial charge in [-0.3, -0.25) is 0 Å². The topological polar surface area (TPSA) is 64.9 Å². The summed E-state index contributed by atoms with van der Waals surface area (Å²) < 4.78 is 18.1. The molecule has 0 aliphatic heterocycles. The average molecular weight is 283 g/mol. The number of anilines is 1. The molecule has 0 spiro atoms. The van der Waals surface area contributed by atoms with Crippen LogP contribution in [-0.2, 0) is 12.8 Å². The number of para-hydroxylation sites is 1. The molecule has 3 aromatic rings. The molecule has 106 valence electrons. The minimum Gasteiger partial charge on any atom is -0.398 e. The van der Waals surface area contributed by atoms with Crippen molar-refractivity contribution in [2.45, 2.75) is 12.8 Å². The molecule has 4 nitrogen and oxygen atoms in total. The van der Waals surface area contributed by atoms with Crippen LogP contribution in [-0.4, -0.2) is 10.1 Å². The molecule has 0 bridgehead atoms. The van der Waals surface area contributed by atoms with Gasteiger partial charge in [0.1, 0.15) is 5.82 Å². The first-order valence-corrected chi connectivity index (χ1v) is 6.60. The van der Waals surface area contributed by atoms with Crippen molar-refractivity contribution in [2.24, 2.45) is 0 Å². The third kappa shape index (κ3) is 3.25. The molecular weight excluding hydrogens is 269 g/mol. The van der Waals surface area contributed by atoms with Crippen molar-refractivity contribution in [3.63, 3.8) is 0 Å². The molecule has 21 heavy (non-hydrogen) atoms. The van der Waals surface area contributed by atoms with Gasteiger partial charge < -0.3 is 10.3 Å². The van der Waals surface area contributed by atoms with Crippen LogP contribution in [0.2, 0.25) is 0 Å². The molecule has 0 amide bonds. The molecule has 0 aliphatic carbocycles. The summed E-state index contributed by atoms with van der Waals surface area (Å²) in [6.07, 6.45) is 1.01. The van der Waals surface area contributed by atoms with Crippen molar-refractivity contribution in [3.8, 4) is 0 Å². The molecule has 0 aliphatic rings. The Morgan fingerprint density at radius 2 is 1.76 bits per heavy atom. The van der Waals surface area contributed by atoms with Crippen molar-refractivity contribution in [2.75, 3.05) is 5.73 Å². The highest BCUT2D eigenvalue weighted by molar-refractivity contribution is 5.47. The standard InChI is InChI=1S/C16H14FN3O/c17-13-7-5-11(6-8-13)9-15-19-16(21-20-15)10-12-3-1-2-4-14(12)18/h1-8H,9-10,18H2. The fourth-order valence-electron chi connectivity index (χ4n) is 2.08. The van der Waals surface area contributed by atoms with E-state index in [1.807, 2.05) is 24.3 Å². The predicted octanol–water partition coefficient (Wildman–Crippen LogP) is 2.97. The molecule has 1 heterocycles. The highest BCUT2D eigenvalue weighted by Crippen LogP contribution is 2.15. The second-order valence-electron chi connectivity index (χ2n) is 4.78. The van der Waals surface area contributed by atoms with Crippen LogP contribution in [0.15, 0.2) is 53.1 Å². The molecule has 0 radical (unpaired) electrons. The van der Waals surface area contributed by atoms with Crippen LogP contribution in [0.4, 0.5) is 10.1 Å². The van der Waals surface area contributed by atoms with Gasteiger partial charge in [-0.25, -0.2) is 4.39 Å². The Bertz CT molecular complexity index is 737. The van der Waals surface area contributed by atoms with E-state index in [4.69, 9.17) is 10.3 Å². The number of nitrogens with two attached hydrogens (primary N) is 1. The predicted molar refractivity (Wildman–Crippen MR) is 77.2 cm³/mol. The molecule has 0 fully saturated rings. The lowest BCUT2D eigenvalue weighted by molar-refractivity contribution is 0.380. The first-order valence-electron chi connectivity index (χ1n) is 6.60. The Hall–Kier alpha value is -2.69. The van der Waals surface area contributed by atoms with E-state index >= 15 is 0 Å². The number of aromatic nitrogens is 2. The molecule has 0 saturated heterocycles. The Morgan fingerprint density at radius 3 is 2.52 bits per heavy atom. The number of nitrogen functional groups attached to an aromatic ring is 1. The summed E-state index contributed by atoms with van der Waals surface area (Å²) in [5, 5.41) is 3.94. The lowest BCUT2D eigenvalue weighted by atomic mass is 10.1. The molecule has 0 saturated carbocycles. The van der Waals surface area contributed by atoms with Crippen molar-refractivity contribution < 1.29 is 8.91 Å². The number of halogens is 1. The molecule has 2 N–H and O–H groups in total. The zero-order chi connectivity index (χ0) is 14.7. The normalized spacial score (nSPS) is 10.7. The average Bonchev–Trinajstić information content (AvgIpc) is 2.91. The minimum absolute atomic E-state index is 0.257. The SMILES string of the molecule is Nc1ccccc1Cc1nc(Cc2ccc(F)cc2)no1. The van der Waals surface area contributed by atoms with Crippen molar-refractivity contribution >= 4 is 5.69 Å². The Kier molecular flexibility index (Phi) is 3.64. The minimum atomic E-state index is -0.257. The van der Waals surface area contributed by atoms with Gasteiger partial charge in [-0.2, -0.15) is 4.98 Å². The summed E-state index contributed by atoms with van der Waals surface area (Å²) in [6.45, 7) is 0. The summed E-state index contributed by atoms with van der Waals surface area (Å²) in [4.78, 5) is 4.34. The molecule has 2 aromatic carbocycles. The fraction of sp³-hybridized carbons (Fsp3) is 0.125. The van der Waals surface area contributed by atoms with Crippen LogP contribution >= 0.6 is 0 Å². The van der Waals surface area contributed by atoms with E-state index in [0.29, 0.717) is 30.2 Å². The zero-order valence-corrected chi connectivity index (χ0v) is 11.3. The zero-order valence-electron chi connectivity index (χ0n) is 11.3. The van der Waals surface area contributed by atoms with E-state index in [0.717, 1.165) is 11.1 Å². The van der Waals surface area contributed by atoms with Crippen molar-refractivity contribution in [1.29, 1.82) is 0 Å². The first-order chi connectivity index (χ1) is 10.2. The maximum absolute atomic E-state index is 12.8. The van der Waals surface area contributed by atoms with Gasteiger partial charge in [0.15, 0.2) is 5.82 Å². The Labute approximate surface area is 121 Å². The summed E-state index contributed by atoms with van der Waals surface area (Å²) in [5.74, 6) is 0.836. The number of rotatable bonds is 4. The van der Waals surface area contributed by atoms with Crippen LogP contribution in [0.5, 0.6) is 0 Å². The second-order valence-corrected chi connectivity index (χ2v) is 4.78. The summed E-state index contributed by atoms with van der Waals surface area (Å²) >= 11 is 0. The number of hydrogen-bond donors (Lipinski definition) is 1. The molecular formula is C16H14FN3O. The van der Waals surface area contributed by atoms with Gasteiger partial charge in [0.25, 0.3) is 0 Å². The van der Waals surface area contributed by atoms with Gasteiger partial charge in [-0.15, -0.1) is 0 Å². The molecule has 0 unspecified atom stereocenters. The number of nitrogens with zero attached hydrogens (tertiary/aromatic N) is 2. The largest absolute Gasteiger partial charge is 0.398 e. The van der Waals surface area contributed by atoms with Gasteiger partial charge in [0.2, 0.25) is 5.89 Å². The highest BCUT2D eigenvalue weighted by Gasteiger charge is 2.09. The van der Waals surface area contributed by atoms with Crippen LogP contribution in [0.3, 0.4) is 0 Å². The quantitative estimate of drug-likeness (QED) is 0.748. The van der Waals surface area contributed by atoms with Crippen LogP contribution in [0.1, 0.15) is 22.8 Å². The third-order valence-corrected chi connectivity index (χ3v) is 3.18. The lowest BCUT2D eigenvalue weighted by Gasteiger charge is -2.00. The van der Waals surface area contributed by atoms with Gasteiger partial charge in [0.05, 0.1) is 6.42 Å². The maximum atomic E-state index is 12.8. The number of benzene rings is 2. The van der Waals surface area contributed by atoms with Gasteiger partial charge in [-0.05, 0) is 29.3 Å². The van der Waals surface area contributed by atoms with E-state index < -0.39 is 0 Å². The molecule has 1 aromatic heterocycles. The van der Waals surface area contributed by atoms with Crippen molar-refractivity contribution in [1.82, 2.24) is 10.1 Å².